The number of ether oxygens (including phenoxy) is 1. The van der Waals surface area contributed by atoms with Crippen LogP contribution in [-0.4, -0.2) is 28.9 Å². The predicted octanol–water partition coefficient (Wildman–Crippen LogP) is 2.14. The van der Waals surface area contributed by atoms with Gasteiger partial charge in [-0.1, -0.05) is 6.07 Å². The Labute approximate surface area is 123 Å². The van der Waals surface area contributed by atoms with Crippen LogP contribution >= 0.6 is 0 Å². The van der Waals surface area contributed by atoms with Gasteiger partial charge in [0, 0.05) is 25.5 Å². The number of benzene rings is 1. The Morgan fingerprint density at radius 3 is 3.00 bits per heavy atom. The standard InChI is InChI=1S/C15H20N4O2/c1-2-21-15(20)12-6-3-7-13(14(12)16)17-8-4-10-19-11-5-9-18-19/h3,5-7,9,11,17H,2,4,8,10,16H2,1H3. The van der Waals surface area contributed by atoms with Crippen molar-refractivity contribution in [1.29, 1.82) is 0 Å². The van der Waals surface area contributed by atoms with Crippen LogP contribution < -0.4 is 11.1 Å². The van der Waals surface area contributed by atoms with Crippen molar-refractivity contribution in [2.24, 2.45) is 0 Å². The number of aromatic nitrogens is 2. The van der Waals surface area contributed by atoms with Gasteiger partial charge in [0.05, 0.1) is 23.5 Å². The van der Waals surface area contributed by atoms with Gasteiger partial charge in [0.15, 0.2) is 0 Å². The first kappa shape index (κ1) is 14.9. The Kier molecular flexibility index (Phi) is 5.20. The third-order valence-electron chi connectivity index (χ3n) is 3.04. The van der Waals surface area contributed by atoms with Crippen molar-refractivity contribution in [2.45, 2.75) is 19.9 Å². The maximum Gasteiger partial charge on any atom is 0.340 e. The molecule has 0 unspecified atom stereocenters. The molecule has 6 heteroatoms. The molecule has 0 aliphatic heterocycles. The van der Waals surface area contributed by atoms with Gasteiger partial charge in [-0.3, -0.25) is 4.68 Å². The van der Waals surface area contributed by atoms with Crippen LogP contribution in [0.2, 0.25) is 0 Å². The summed E-state index contributed by atoms with van der Waals surface area (Å²) in [7, 11) is 0. The topological polar surface area (TPSA) is 82.2 Å². The van der Waals surface area contributed by atoms with Gasteiger partial charge in [-0.15, -0.1) is 0 Å². The number of esters is 1. The van der Waals surface area contributed by atoms with E-state index in [4.69, 9.17) is 10.5 Å². The molecule has 2 aromatic rings. The fourth-order valence-electron chi connectivity index (χ4n) is 2.00. The zero-order valence-electron chi connectivity index (χ0n) is 12.1. The molecule has 6 nitrogen and oxygen atoms in total. The highest BCUT2D eigenvalue weighted by Crippen LogP contribution is 2.23. The molecule has 0 saturated carbocycles. The second-order valence-electron chi connectivity index (χ2n) is 4.54. The molecule has 0 fully saturated rings. The summed E-state index contributed by atoms with van der Waals surface area (Å²) in [5, 5.41) is 7.38. The number of anilines is 2. The highest BCUT2D eigenvalue weighted by Gasteiger charge is 2.12. The highest BCUT2D eigenvalue weighted by atomic mass is 16.5. The molecule has 0 aliphatic carbocycles. The van der Waals surface area contributed by atoms with E-state index in [1.165, 1.54) is 0 Å². The molecule has 2 rings (SSSR count). The maximum atomic E-state index is 11.8. The van der Waals surface area contributed by atoms with E-state index >= 15 is 0 Å². The summed E-state index contributed by atoms with van der Waals surface area (Å²) in [6.45, 7) is 3.68. The molecule has 1 heterocycles. The lowest BCUT2D eigenvalue weighted by molar-refractivity contribution is 0.0527. The molecule has 1 aromatic carbocycles. The van der Waals surface area contributed by atoms with E-state index in [9.17, 15) is 4.79 Å². The number of aryl methyl sites for hydroxylation is 1. The Bertz CT molecular complexity index is 581. The van der Waals surface area contributed by atoms with E-state index in [-0.39, 0.29) is 0 Å². The molecule has 0 spiro atoms. The second-order valence-corrected chi connectivity index (χ2v) is 4.54. The summed E-state index contributed by atoms with van der Waals surface area (Å²) in [5.41, 5.74) is 7.58. The lowest BCUT2D eigenvalue weighted by Gasteiger charge is -2.12. The van der Waals surface area contributed by atoms with Gasteiger partial charge in [0.25, 0.3) is 0 Å². The predicted molar refractivity (Wildman–Crippen MR) is 82.1 cm³/mol. The number of nitrogens with one attached hydrogen (secondary N) is 1. The van der Waals surface area contributed by atoms with Gasteiger partial charge in [-0.25, -0.2) is 4.79 Å². The van der Waals surface area contributed by atoms with Crippen LogP contribution in [0.15, 0.2) is 36.7 Å². The number of rotatable bonds is 7. The van der Waals surface area contributed by atoms with E-state index in [2.05, 4.69) is 10.4 Å². The number of nitrogen functional groups attached to an aromatic ring is 1. The number of hydrogen-bond donors (Lipinski definition) is 2. The van der Waals surface area contributed by atoms with Crippen molar-refractivity contribution in [3.63, 3.8) is 0 Å². The Hall–Kier alpha value is -2.50. The fraction of sp³-hybridized carbons (Fsp3) is 0.333. The lowest BCUT2D eigenvalue weighted by Crippen LogP contribution is -2.12. The van der Waals surface area contributed by atoms with E-state index in [1.807, 2.05) is 23.0 Å². The first-order chi connectivity index (χ1) is 10.2. The largest absolute Gasteiger partial charge is 0.462 e. The van der Waals surface area contributed by atoms with E-state index in [0.29, 0.717) is 17.9 Å². The van der Waals surface area contributed by atoms with Crippen molar-refractivity contribution in [3.05, 3.63) is 42.2 Å². The minimum absolute atomic E-state index is 0.333. The van der Waals surface area contributed by atoms with Crippen molar-refractivity contribution < 1.29 is 9.53 Å². The Morgan fingerprint density at radius 2 is 2.29 bits per heavy atom. The average Bonchev–Trinajstić information content (AvgIpc) is 2.98. The number of nitrogens with zero attached hydrogens (tertiary/aromatic N) is 2. The highest BCUT2D eigenvalue weighted by molar-refractivity contribution is 5.98. The molecule has 0 radical (unpaired) electrons. The van der Waals surface area contributed by atoms with E-state index in [1.54, 1.807) is 25.3 Å². The minimum Gasteiger partial charge on any atom is -0.462 e. The second kappa shape index (κ2) is 7.33. The van der Waals surface area contributed by atoms with Gasteiger partial charge in [-0.05, 0) is 31.5 Å². The lowest BCUT2D eigenvalue weighted by atomic mass is 10.1. The van der Waals surface area contributed by atoms with Crippen molar-refractivity contribution >= 4 is 17.3 Å². The van der Waals surface area contributed by atoms with Crippen LogP contribution in [0.5, 0.6) is 0 Å². The smallest absolute Gasteiger partial charge is 0.340 e. The van der Waals surface area contributed by atoms with Crippen LogP contribution in [0, 0.1) is 0 Å². The Morgan fingerprint density at radius 1 is 1.43 bits per heavy atom. The minimum atomic E-state index is -0.393. The van der Waals surface area contributed by atoms with E-state index < -0.39 is 5.97 Å². The summed E-state index contributed by atoms with van der Waals surface area (Å²) in [4.78, 5) is 11.8. The van der Waals surface area contributed by atoms with Crippen molar-refractivity contribution in [1.82, 2.24) is 9.78 Å². The molecular formula is C15H20N4O2. The molecule has 1 aromatic heterocycles. The zero-order valence-corrected chi connectivity index (χ0v) is 12.1. The number of carbonyl (C=O) groups excluding carboxylic acids is 1. The van der Waals surface area contributed by atoms with Crippen LogP contribution in [0.1, 0.15) is 23.7 Å². The summed E-state index contributed by atoms with van der Waals surface area (Å²) < 4.78 is 6.86. The summed E-state index contributed by atoms with van der Waals surface area (Å²) in [6, 6.07) is 7.21. The molecule has 3 N–H and O–H groups in total. The fourth-order valence-corrected chi connectivity index (χ4v) is 2.00. The van der Waals surface area contributed by atoms with Crippen LogP contribution in [0.25, 0.3) is 0 Å². The number of nitrogens with two attached hydrogens (primary N) is 1. The summed E-state index contributed by atoms with van der Waals surface area (Å²) in [6.07, 6.45) is 4.59. The van der Waals surface area contributed by atoms with Gasteiger partial charge in [0.2, 0.25) is 0 Å². The third kappa shape index (κ3) is 3.98. The van der Waals surface area contributed by atoms with Gasteiger partial charge in [0.1, 0.15) is 0 Å². The van der Waals surface area contributed by atoms with E-state index in [0.717, 1.165) is 25.2 Å². The van der Waals surface area contributed by atoms with Crippen molar-refractivity contribution in [2.75, 3.05) is 24.2 Å². The number of para-hydroxylation sites is 1. The normalized spacial score (nSPS) is 10.3. The summed E-state index contributed by atoms with van der Waals surface area (Å²) >= 11 is 0. The third-order valence-corrected chi connectivity index (χ3v) is 3.04. The average molecular weight is 288 g/mol. The molecule has 0 saturated heterocycles. The van der Waals surface area contributed by atoms with Gasteiger partial charge >= 0.3 is 5.97 Å². The molecule has 0 aliphatic rings. The molecule has 0 atom stereocenters. The van der Waals surface area contributed by atoms with Gasteiger partial charge < -0.3 is 15.8 Å². The first-order valence-corrected chi connectivity index (χ1v) is 6.99. The van der Waals surface area contributed by atoms with Gasteiger partial charge in [-0.2, -0.15) is 5.10 Å². The molecule has 0 bridgehead atoms. The SMILES string of the molecule is CCOC(=O)c1cccc(NCCCn2cccn2)c1N. The molecule has 112 valence electrons. The van der Waals surface area contributed by atoms with Crippen LogP contribution in [0.3, 0.4) is 0 Å². The molecule has 21 heavy (non-hydrogen) atoms. The Balaban J connectivity index is 1.91. The van der Waals surface area contributed by atoms with Crippen molar-refractivity contribution in [3.8, 4) is 0 Å². The van der Waals surface area contributed by atoms with Crippen LogP contribution in [-0.2, 0) is 11.3 Å². The quantitative estimate of drug-likeness (QED) is 0.463. The summed E-state index contributed by atoms with van der Waals surface area (Å²) in [5.74, 6) is -0.393. The zero-order chi connectivity index (χ0) is 15.1. The molecular weight excluding hydrogens is 268 g/mol. The number of hydrogen-bond acceptors (Lipinski definition) is 5. The maximum absolute atomic E-state index is 11.8. The number of carbonyl (C=O) groups is 1. The van der Waals surface area contributed by atoms with Crippen LogP contribution in [0.4, 0.5) is 11.4 Å². The monoisotopic (exact) mass is 288 g/mol. The first-order valence-electron chi connectivity index (χ1n) is 6.99. The molecule has 0 amide bonds.